The number of aliphatic carboxylic acids is 1. The quantitative estimate of drug-likeness (QED) is 0.244. The number of methoxy groups -OCH3 is 1. The SMILES string of the molecule is COc1cccc(CNCC(O)C(Cc2cc(F)cc(F)c2)NS(=O)(=O)c2ccc(CCC(=O)O)cc2)c1. The highest BCUT2D eigenvalue weighted by molar-refractivity contribution is 7.89. The van der Waals surface area contributed by atoms with Gasteiger partial charge in [0.2, 0.25) is 10.0 Å². The minimum Gasteiger partial charge on any atom is -0.497 e. The molecule has 0 spiro atoms. The van der Waals surface area contributed by atoms with Gasteiger partial charge in [0.25, 0.3) is 0 Å². The molecule has 0 aromatic heterocycles. The number of aryl methyl sites for hydroxylation is 1. The molecule has 11 heteroatoms. The first-order valence-electron chi connectivity index (χ1n) is 11.9. The third-order valence-electron chi connectivity index (χ3n) is 5.83. The standard InChI is InChI=1S/C27H30F2N2O6S/c1-37-23-4-2-3-19(13-23)16-30-17-26(32)25(14-20-11-21(28)15-22(29)12-20)31-38(35,36)24-8-5-18(6-9-24)7-10-27(33)34/h2-6,8-9,11-13,15,25-26,30-32H,7,10,14,16-17H2,1H3,(H,33,34). The third kappa shape index (κ3) is 8.88. The van der Waals surface area contributed by atoms with Gasteiger partial charge in [0, 0.05) is 25.6 Å². The Bertz CT molecular complexity index is 1320. The summed E-state index contributed by atoms with van der Waals surface area (Å²) in [7, 11) is -2.59. The first kappa shape index (κ1) is 29.2. The Balaban J connectivity index is 1.75. The number of nitrogens with one attached hydrogen (secondary N) is 2. The summed E-state index contributed by atoms with van der Waals surface area (Å²) in [6.45, 7) is 0.344. The van der Waals surface area contributed by atoms with E-state index in [9.17, 15) is 27.1 Å². The molecule has 2 unspecified atom stereocenters. The zero-order valence-corrected chi connectivity index (χ0v) is 21.5. The van der Waals surface area contributed by atoms with Crippen molar-refractivity contribution in [1.82, 2.24) is 10.0 Å². The van der Waals surface area contributed by atoms with E-state index in [2.05, 4.69) is 10.0 Å². The molecule has 38 heavy (non-hydrogen) atoms. The molecule has 0 bridgehead atoms. The van der Waals surface area contributed by atoms with Gasteiger partial charge in [0.15, 0.2) is 0 Å². The number of carboxylic acid groups (broad SMARTS) is 1. The lowest BCUT2D eigenvalue weighted by atomic mass is 10.0. The summed E-state index contributed by atoms with van der Waals surface area (Å²) < 4.78 is 61.5. The maximum absolute atomic E-state index is 13.8. The lowest BCUT2D eigenvalue weighted by Gasteiger charge is -2.25. The van der Waals surface area contributed by atoms with E-state index < -0.39 is 39.8 Å². The first-order valence-corrected chi connectivity index (χ1v) is 13.3. The smallest absolute Gasteiger partial charge is 0.303 e. The molecule has 8 nitrogen and oxygen atoms in total. The van der Waals surface area contributed by atoms with Crippen molar-refractivity contribution in [3.05, 3.63) is 95.1 Å². The number of aliphatic hydroxyl groups is 1. The molecule has 0 amide bonds. The van der Waals surface area contributed by atoms with Crippen LogP contribution in [0.2, 0.25) is 0 Å². The molecule has 0 saturated heterocycles. The van der Waals surface area contributed by atoms with Gasteiger partial charge in [-0.3, -0.25) is 4.79 Å². The summed E-state index contributed by atoms with van der Waals surface area (Å²) in [5.41, 5.74) is 1.70. The second kappa shape index (κ2) is 13.4. The average Bonchev–Trinajstić information content (AvgIpc) is 2.86. The number of benzene rings is 3. The van der Waals surface area contributed by atoms with Gasteiger partial charge < -0.3 is 20.3 Å². The van der Waals surface area contributed by atoms with E-state index in [0.717, 1.165) is 17.7 Å². The summed E-state index contributed by atoms with van der Waals surface area (Å²) in [4.78, 5) is 10.7. The van der Waals surface area contributed by atoms with Gasteiger partial charge in [-0.2, -0.15) is 0 Å². The first-order chi connectivity index (χ1) is 18.1. The van der Waals surface area contributed by atoms with Gasteiger partial charge in [-0.15, -0.1) is 0 Å². The van der Waals surface area contributed by atoms with Crippen molar-refractivity contribution in [1.29, 1.82) is 0 Å². The van der Waals surface area contributed by atoms with E-state index in [1.54, 1.807) is 13.2 Å². The van der Waals surface area contributed by atoms with E-state index in [0.29, 0.717) is 23.9 Å². The van der Waals surface area contributed by atoms with Crippen LogP contribution in [-0.4, -0.2) is 50.4 Å². The Hall–Kier alpha value is -3.38. The van der Waals surface area contributed by atoms with E-state index in [-0.39, 0.29) is 36.3 Å². The van der Waals surface area contributed by atoms with Gasteiger partial charge in [-0.05, 0) is 65.9 Å². The molecule has 0 saturated carbocycles. The predicted octanol–water partition coefficient (Wildman–Crippen LogP) is 3.03. The highest BCUT2D eigenvalue weighted by atomic mass is 32.2. The molecule has 3 rings (SSSR count). The number of carbonyl (C=O) groups is 1. The molecule has 204 valence electrons. The van der Waals surface area contributed by atoms with Crippen LogP contribution >= 0.6 is 0 Å². The van der Waals surface area contributed by atoms with Crippen LogP contribution in [0.1, 0.15) is 23.1 Å². The average molecular weight is 549 g/mol. The lowest BCUT2D eigenvalue weighted by molar-refractivity contribution is -0.136. The molecule has 0 radical (unpaired) electrons. The summed E-state index contributed by atoms with van der Waals surface area (Å²) >= 11 is 0. The highest BCUT2D eigenvalue weighted by Crippen LogP contribution is 2.17. The molecule has 3 aromatic carbocycles. The van der Waals surface area contributed by atoms with Gasteiger partial charge in [-0.25, -0.2) is 21.9 Å². The number of aliphatic hydroxyl groups excluding tert-OH is 1. The molecule has 0 aliphatic rings. The third-order valence-corrected chi connectivity index (χ3v) is 7.33. The molecule has 2 atom stereocenters. The van der Waals surface area contributed by atoms with E-state index in [4.69, 9.17) is 9.84 Å². The van der Waals surface area contributed by atoms with Crippen molar-refractivity contribution in [3.63, 3.8) is 0 Å². The van der Waals surface area contributed by atoms with Crippen molar-refractivity contribution in [2.45, 2.75) is 42.8 Å². The van der Waals surface area contributed by atoms with Crippen LogP contribution in [0.3, 0.4) is 0 Å². The van der Waals surface area contributed by atoms with Crippen LogP contribution in [0.25, 0.3) is 0 Å². The largest absolute Gasteiger partial charge is 0.497 e. The fraction of sp³-hybridized carbons (Fsp3) is 0.296. The van der Waals surface area contributed by atoms with Crippen LogP contribution in [0.5, 0.6) is 5.75 Å². The number of halogens is 2. The second-order valence-corrected chi connectivity index (χ2v) is 10.5. The minimum absolute atomic E-state index is 0.0175. The van der Waals surface area contributed by atoms with E-state index in [1.165, 1.54) is 24.3 Å². The zero-order valence-electron chi connectivity index (χ0n) is 20.7. The summed E-state index contributed by atoms with van der Waals surface area (Å²) in [6, 6.07) is 14.7. The number of carboxylic acids is 1. The number of rotatable bonds is 14. The van der Waals surface area contributed by atoms with Crippen molar-refractivity contribution in [2.24, 2.45) is 0 Å². The van der Waals surface area contributed by atoms with Crippen LogP contribution in [-0.2, 0) is 34.2 Å². The van der Waals surface area contributed by atoms with Crippen molar-refractivity contribution in [3.8, 4) is 5.75 Å². The number of hydrogen-bond donors (Lipinski definition) is 4. The topological polar surface area (TPSA) is 125 Å². The minimum atomic E-state index is -4.14. The molecule has 0 aliphatic heterocycles. The van der Waals surface area contributed by atoms with Crippen LogP contribution in [0, 0.1) is 11.6 Å². The number of hydrogen-bond acceptors (Lipinski definition) is 6. The molecular weight excluding hydrogens is 518 g/mol. The monoisotopic (exact) mass is 548 g/mol. The molecule has 3 aromatic rings. The molecule has 4 N–H and O–H groups in total. The Kier molecular flexibility index (Phi) is 10.3. The van der Waals surface area contributed by atoms with Gasteiger partial charge >= 0.3 is 5.97 Å². The molecule has 0 heterocycles. The summed E-state index contributed by atoms with van der Waals surface area (Å²) in [5.74, 6) is -1.93. The van der Waals surface area contributed by atoms with Gasteiger partial charge in [0.1, 0.15) is 17.4 Å². The maximum atomic E-state index is 13.8. The predicted molar refractivity (Wildman–Crippen MR) is 137 cm³/mol. The van der Waals surface area contributed by atoms with Crippen molar-refractivity contribution in [2.75, 3.05) is 13.7 Å². The Morgan fingerprint density at radius 3 is 2.29 bits per heavy atom. The van der Waals surface area contributed by atoms with Crippen molar-refractivity contribution < 1.29 is 36.9 Å². The molecule has 0 fully saturated rings. The normalized spacial score (nSPS) is 13.2. The Morgan fingerprint density at radius 1 is 0.974 bits per heavy atom. The van der Waals surface area contributed by atoms with E-state index in [1.807, 2.05) is 18.2 Å². The van der Waals surface area contributed by atoms with Crippen LogP contribution in [0.4, 0.5) is 8.78 Å². The Morgan fingerprint density at radius 2 is 1.66 bits per heavy atom. The fourth-order valence-corrected chi connectivity index (χ4v) is 5.15. The van der Waals surface area contributed by atoms with Crippen LogP contribution in [0.15, 0.2) is 71.6 Å². The van der Waals surface area contributed by atoms with Crippen LogP contribution < -0.4 is 14.8 Å². The fourth-order valence-electron chi connectivity index (χ4n) is 3.88. The highest BCUT2D eigenvalue weighted by Gasteiger charge is 2.26. The maximum Gasteiger partial charge on any atom is 0.303 e. The van der Waals surface area contributed by atoms with Crippen molar-refractivity contribution >= 4 is 16.0 Å². The van der Waals surface area contributed by atoms with E-state index >= 15 is 0 Å². The second-order valence-electron chi connectivity index (χ2n) is 8.80. The Labute approximate surface area is 220 Å². The number of ether oxygens (including phenoxy) is 1. The van der Waals surface area contributed by atoms with Gasteiger partial charge in [0.05, 0.1) is 24.2 Å². The zero-order chi connectivity index (χ0) is 27.7. The molecule has 0 aliphatic carbocycles. The molecular formula is C27H30F2N2O6S. The lowest BCUT2D eigenvalue weighted by Crippen LogP contribution is -2.48. The van der Waals surface area contributed by atoms with Gasteiger partial charge in [-0.1, -0.05) is 24.3 Å². The number of sulfonamides is 1. The summed E-state index contributed by atoms with van der Waals surface area (Å²) in [6.07, 6.45) is -1.27. The summed E-state index contributed by atoms with van der Waals surface area (Å²) in [5, 5.41) is 22.8.